The van der Waals surface area contributed by atoms with E-state index in [1.54, 1.807) is 14.2 Å². The molecule has 0 N–H and O–H groups in total. The minimum atomic E-state index is 0.497. The number of hydrogen-bond donors (Lipinski definition) is 0. The van der Waals surface area contributed by atoms with Crippen LogP contribution in [0.3, 0.4) is 0 Å². The third-order valence-electron chi connectivity index (χ3n) is 3.53. The third kappa shape index (κ3) is 3.71. The molecule has 3 aromatic rings. The first-order chi connectivity index (χ1) is 11.7. The second-order valence-electron chi connectivity index (χ2n) is 5.21. The van der Waals surface area contributed by atoms with E-state index in [1.165, 1.54) is 17.3 Å². The molecule has 0 radical (unpaired) electrons. The molecule has 1 aromatic heterocycles. The summed E-state index contributed by atoms with van der Waals surface area (Å²) < 4.78 is 16.3. The standard InChI is InChI=1S/C18H18N2O3S/c1-12-4-9-16(22-3)14(10-12)11-24-18-20-19-17(23-18)13-5-7-15(21-2)8-6-13/h4-10H,11H2,1-3H3. The van der Waals surface area contributed by atoms with Crippen LogP contribution in [0.2, 0.25) is 0 Å². The van der Waals surface area contributed by atoms with Crippen molar-refractivity contribution >= 4 is 11.8 Å². The lowest BCUT2D eigenvalue weighted by atomic mass is 10.1. The number of aromatic nitrogens is 2. The van der Waals surface area contributed by atoms with Gasteiger partial charge in [0.1, 0.15) is 11.5 Å². The monoisotopic (exact) mass is 342 g/mol. The van der Waals surface area contributed by atoms with Crippen molar-refractivity contribution in [1.29, 1.82) is 0 Å². The first-order valence-electron chi connectivity index (χ1n) is 7.44. The summed E-state index contributed by atoms with van der Waals surface area (Å²) in [4.78, 5) is 0. The van der Waals surface area contributed by atoms with Crippen molar-refractivity contribution in [2.75, 3.05) is 14.2 Å². The van der Waals surface area contributed by atoms with Crippen molar-refractivity contribution < 1.29 is 13.9 Å². The van der Waals surface area contributed by atoms with Crippen LogP contribution >= 0.6 is 11.8 Å². The van der Waals surface area contributed by atoms with Gasteiger partial charge in [-0.3, -0.25) is 0 Å². The zero-order chi connectivity index (χ0) is 16.9. The van der Waals surface area contributed by atoms with Crippen molar-refractivity contribution in [2.24, 2.45) is 0 Å². The van der Waals surface area contributed by atoms with Crippen molar-refractivity contribution in [2.45, 2.75) is 17.9 Å². The largest absolute Gasteiger partial charge is 0.497 e. The molecule has 0 saturated heterocycles. The predicted molar refractivity (Wildman–Crippen MR) is 93.6 cm³/mol. The Balaban J connectivity index is 1.71. The Kier molecular flexibility index (Phi) is 5.05. The molecular formula is C18H18N2O3S. The van der Waals surface area contributed by atoms with Gasteiger partial charge >= 0.3 is 0 Å². The highest BCUT2D eigenvalue weighted by Crippen LogP contribution is 2.30. The van der Waals surface area contributed by atoms with E-state index in [2.05, 4.69) is 23.2 Å². The Morgan fingerprint density at radius 2 is 1.79 bits per heavy atom. The molecule has 0 aliphatic heterocycles. The summed E-state index contributed by atoms with van der Waals surface area (Å²) in [5.74, 6) is 2.86. The number of aryl methyl sites for hydroxylation is 1. The first-order valence-corrected chi connectivity index (χ1v) is 8.42. The molecule has 24 heavy (non-hydrogen) atoms. The molecule has 2 aromatic carbocycles. The molecule has 0 saturated carbocycles. The summed E-state index contributed by atoms with van der Waals surface area (Å²) in [6.45, 7) is 2.06. The van der Waals surface area contributed by atoms with Gasteiger partial charge in [-0.05, 0) is 37.3 Å². The Morgan fingerprint density at radius 1 is 1.00 bits per heavy atom. The second-order valence-corrected chi connectivity index (χ2v) is 6.13. The van der Waals surface area contributed by atoms with E-state index in [4.69, 9.17) is 13.9 Å². The van der Waals surface area contributed by atoms with Gasteiger partial charge in [-0.2, -0.15) is 0 Å². The Bertz CT molecular complexity index is 815. The molecule has 124 valence electrons. The highest BCUT2D eigenvalue weighted by Gasteiger charge is 2.11. The molecular weight excluding hydrogens is 324 g/mol. The smallest absolute Gasteiger partial charge is 0.277 e. The number of thioether (sulfide) groups is 1. The summed E-state index contributed by atoms with van der Waals surface area (Å²) in [6, 6.07) is 13.6. The van der Waals surface area contributed by atoms with Crippen molar-refractivity contribution in [3.8, 4) is 23.0 Å². The van der Waals surface area contributed by atoms with Crippen LogP contribution in [0.5, 0.6) is 11.5 Å². The van der Waals surface area contributed by atoms with Gasteiger partial charge in [-0.15, -0.1) is 10.2 Å². The maximum atomic E-state index is 5.73. The molecule has 0 spiro atoms. The molecule has 0 atom stereocenters. The lowest BCUT2D eigenvalue weighted by Gasteiger charge is -2.07. The number of nitrogens with zero attached hydrogens (tertiary/aromatic N) is 2. The van der Waals surface area contributed by atoms with Crippen molar-refractivity contribution in [1.82, 2.24) is 10.2 Å². The number of benzene rings is 2. The molecule has 0 amide bonds. The van der Waals surface area contributed by atoms with E-state index in [0.717, 1.165) is 22.6 Å². The van der Waals surface area contributed by atoms with Gasteiger partial charge < -0.3 is 13.9 Å². The quantitative estimate of drug-likeness (QED) is 0.621. The normalized spacial score (nSPS) is 10.6. The Hall–Kier alpha value is -2.47. The van der Waals surface area contributed by atoms with Crippen LogP contribution in [0.25, 0.3) is 11.5 Å². The number of ether oxygens (including phenoxy) is 2. The highest BCUT2D eigenvalue weighted by molar-refractivity contribution is 7.98. The Labute approximate surface area is 145 Å². The van der Waals surface area contributed by atoms with Gasteiger partial charge in [0.15, 0.2) is 0 Å². The topological polar surface area (TPSA) is 57.4 Å². The minimum absolute atomic E-state index is 0.497. The van der Waals surface area contributed by atoms with Crippen LogP contribution < -0.4 is 9.47 Å². The number of methoxy groups -OCH3 is 2. The van der Waals surface area contributed by atoms with Crippen LogP contribution in [0, 0.1) is 6.92 Å². The summed E-state index contributed by atoms with van der Waals surface area (Å²) in [5.41, 5.74) is 3.16. The fourth-order valence-corrected chi connectivity index (χ4v) is 3.02. The summed E-state index contributed by atoms with van der Waals surface area (Å²) in [7, 11) is 3.31. The molecule has 1 heterocycles. The van der Waals surface area contributed by atoms with E-state index in [9.17, 15) is 0 Å². The fourth-order valence-electron chi connectivity index (χ4n) is 2.28. The van der Waals surface area contributed by atoms with Crippen LogP contribution in [0.1, 0.15) is 11.1 Å². The van der Waals surface area contributed by atoms with Gasteiger partial charge in [0, 0.05) is 16.9 Å². The van der Waals surface area contributed by atoms with Crippen molar-refractivity contribution in [3.63, 3.8) is 0 Å². The zero-order valence-corrected chi connectivity index (χ0v) is 14.6. The average molecular weight is 342 g/mol. The van der Waals surface area contributed by atoms with Gasteiger partial charge in [-0.25, -0.2) is 0 Å². The molecule has 0 fully saturated rings. The van der Waals surface area contributed by atoms with Gasteiger partial charge in [0.25, 0.3) is 5.22 Å². The lowest BCUT2D eigenvalue weighted by molar-refractivity contribution is 0.411. The Morgan fingerprint density at radius 3 is 2.50 bits per heavy atom. The average Bonchev–Trinajstić information content (AvgIpc) is 3.09. The maximum absolute atomic E-state index is 5.73. The van der Waals surface area contributed by atoms with E-state index >= 15 is 0 Å². The van der Waals surface area contributed by atoms with E-state index in [1.807, 2.05) is 36.4 Å². The first kappa shape index (κ1) is 16.4. The zero-order valence-electron chi connectivity index (χ0n) is 13.8. The molecule has 0 aliphatic rings. The van der Waals surface area contributed by atoms with Crippen LogP contribution in [-0.2, 0) is 5.75 Å². The van der Waals surface area contributed by atoms with Gasteiger partial charge in [0.05, 0.1) is 14.2 Å². The molecule has 5 nitrogen and oxygen atoms in total. The fraction of sp³-hybridized carbons (Fsp3) is 0.222. The molecule has 6 heteroatoms. The number of hydrogen-bond acceptors (Lipinski definition) is 6. The lowest BCUT2D eigenvalue weighted by Crippen LogP contribution is -1.91. The summed E-state index contributed by atoms with van der Waals surface area (Å²) >= 11 is 1.49. The van der Waals surface area contributed by atoms with E-state index in [-0.39, 0.29) is 0 Å². The van der Waals surface area contributed by atoms with Gasteiger partial charge in [-0.1, -0.05) is 29.5 Å². The van der Waals surface area contributed by atoms with E-state index in [0.29, 0.717) is 16.9 Å². The summed E-state index contributed by atoms with van der Waals surface area (Å²) in [5, 5.41) is 8.74. The van der Waals surface area contributed by atoms with Crippen LogP contribution in [0.4, 0.5) is 0 Å². The van der Waals surface area contributed by atoms with E-state index < -0.39 is 0 Å². The maximum Gasteiger partial charge on any atom is 0.277 e. The molecule has 3 rings (SSSR count). The minimum Gasteiger partial charge on any atom is -0.497 e. The summed E-state index contributed by atoms with van der Waals surface area (Å²) in [6.07, 6.45) is 0. The predicted octanol–water partition coefficient (Wildman–Crippen LogP) is 4.35. The van der Waals surface area contributed by atoms with Crippen molar-refractivity contribution in [3.05, 3.63) is 53.6 Å². The molecule has 0 bridgehead atoms. The highest BCUT2D eigenvalue weighted by atomic mass is 32.2. The number of rotatable bonds is 6. The van der Waals surface area contributed by atoms with Crippen LogP contribution in [0.15, 0.2) is 52.1 Å². The van der Waals surface area contributed by atoms with Crippen LogP contribution in [-0.4, -0.2) is 24.4 Å². The molecule has 0 aliphatic carbocycles. The third-order valence-corrected chi connectivity index (χ3v) is 4.40. The SMILES string of the molecule is COc1ccc(-c2nnc(SCc3cc(C)ccc3OC)o2)cc1. The van der Waals surface area contributed by atoms with Gasteiger partial charge in [0.2, 0.25) is 5.89 Å². The molecule has 0 unspecified atom stereocenters. The second kappa shape index (κ2) is 7.40.